The van der Waals surface area contributed by atoms with Gasteiger partial charge in [-0.1, -0.05) is 12.1 Å². The van der Waals surface area contributed by atoms with Crippen LogP contribution in [-0.4, -0.2) is 21.7 Å². The molecule has 4 heterocycles. The quantitative estimate of drug-likeness (QED) is 0.559. The first-order valence-electron chi connectivity index (χ1n) is 7.66. The number of furan rings is 1. The molecule has 8 heteroatoms. The number of Topliss-reactive ketones (excluding diaryl/α,β-unsaturated/α-hetero) is 1. The number of aliphatic hydroxyl groups excluding tert-OH is 1. The van der Waals surface area contributed by atoms with Crippen LogP contribution in [0.2, 0.25) is 0 Å². The van der Waals surface area contributed by atoms with Gasteiger partial charge >= 0.3 is 0 Å². The maximum atomic E-state index is 13.0. The summed E-state index contributed by atoms with van der Waals surface area (Å²) in [5.41, 5.74) is 0.0517. The summed E-state index contributed by atoms with van der Waals surface area (Å²) in [5.74, 6) is -1.03. The summed E-state index contributed by atoms with van der Waals surface area (Å²) in [6.07, 6.45) is 0. The molecule has 0 fully saturated rings. The van der Waals surface area contributed by atoms with Crippen molar-refractivity contribution in [3.63, 3.8) is 0 Å². The molecule has 0 aliphatic carbocycles. The van der Waals surface area contributed by atoms with Gasteiger partial charge in [0.25, 0.3) is 5.91 Å². The minimum atomic E-state index is -0.773. The maximum absolute atomic E-state index is 13.0. The Morgan fingerprint density at radius 1 is 1.19 bits per heavy atom. The molecule has 0 aromatic carbocycles. The van der Waals surface area contributed by atoms with E-state index in [-0.39, 0.29) is 17.9 Å². The van der Waals surface area contributed by atoms with E-state index in [0.717, 1.165) is 4.88 Å². The van der Waals surface area contributed by atoms with Gasteiger partial charge in [-0.2, -0.15) is 0 Å². The fourth-order valence-electron chi connectivity index (χ4n) is 2.93. The molecular formula is C18H12BrNO4S2. The van der Waals surface area contributed by atoms with Gasteiger partial charge in [-0.15, -0.1) is 22.7 Å². The summed E-state index contributed by atoms with van der Waals surface area (Å²) >= 11 is 6.03. The number of hydrogen-bond donors (Lipinski definition) is 1. The molecule has 1 N–H and O–H groups in total. The first kappa shape index (κ1) is 17.3. The lowest BCUT2D eigenvalue weighted by molar-refractivity contribution is -0.130. The fraction of sp³-hybridized carbons (Fsp3) is 0.111. The molecule has 1 aliphatic rings. The molecule has 3 aromatic rings. The third-order valence-corrected chi connectivity index (χ3v) is 6.22. The molecule has 4 rings (SSSR count). The number of nitrogens with zero attached hydrogens (tertiary/aromatic N) is 1. The van der Waals surface area contributed by atoms with Gasteiger partial charge in [-0.3, -0.25) is 9.59 Å². The molecule has 1 amide bonds. The maximum Gasteiger partial charge on any atom is 0.290 e. The highest BCUT2D eigenvalue weighted by atomic mass is 79.9. The van der Waals surface area contributed by atoms with E-state index in [1.54, 1.807) is 29.6 Å². The van der Waals surface area contributed by atoms with E-state index in [1.165, 1.54) is 27.6 Å². The number of halogens is 1. The number of thiophene rings is 2. The van der Waals surface area contributed by atoms with E-state index >= 15 is 0 Å². The molecule has 0 bridgehead atoms. The van der Waals surface area contributed by atoms with E-state index in [1.807, 2.05) is 17.5 Å². The van der Waals surface area contributed by atoms with Crippen LogP contribution in [0.5, 0.6) is 0 Å². The second kappa shape index (κ2) is 6.86. The van der Waals surface area contributed by atoms with Crippen molar-refractivity contribution in [2.45, 2.75) is 12.6 Å². The van der Waals surface area contributed by atoms with Crippen molar-refractivity contribution in [1.82, 2.24) is 4.90 Å². The first-order valence-corrected chi connectivity index (χ1v) is 10.2. The van der Waals surface area contributed by atoms with E-state index in [0.29, 0.717) is 15.3 Å². The average Bonchev–Trinajstić information content (AvgIpc) is 3.40. The van der Waals surface area contributed by atoms with Crippen molar-refractivity contribution >= 4 is 50.3 Å². The molecule has 5 nitrogen and oxygen atoms in total. The number of hydrogen-bond acceptors (Lipinski definition) is 6. The Labute approximate surface area is 165 Å². The van der Waals surface area contributed by atoms with Gasteiger partial charge in [0.15, 0.2) is 10.4 Å². The Morgan fingerprint density at radius 3 is 2.58 bits per heavy atom. The first-order chi connectivity index (χ1) is 12.6. The van der Waals surface area contributed by atoms with Gasteiger partial charge in [-0.25, -0.2) is 0 Å². The topological polar surface area (TPSA) is 70.8 Å². The summed E-state index contributed by atoms with van der Waals surface area (Å²) in [7, 11) is 0. The Bertz CT molecular complexity index is 989. The number of carbonyl (C=O) groups is 2. The largest absolute Gasteiger partial charge is 0.503 e. The highest BCUT2D eigenvalue weighted by Crippen LogP contribution is 2.41. The molecule has 1 unspecified atom stereocenters. The van der Waals surface area contributed by atoms with Gasteiger partial charge in [0.1, 0.15) is 11.8 Å². The molecule has 0 saturated heterocycles. The number of carbonyl (C=O) groups excluding carboxylic acids is 2. The second-order valence-corrected chi connectivity index (χ2v) is 8.39. The van der Waals surface area contributed by atoms with E-state index in [9.17, 15) is 14.7 Å². The fourth-order valence-corrected chi connectivity index (χ4v) is 4.63. The van der Waals surface area contributed by atoms with Crippen LogP contribution < -0.4 is 0 Å². The van der Waals surface area contributed by atoms with Gasteiger partial charge in [0, 0.05) is 4.88 Å². The van der Waals surface area contributed by atoms with Gasteiger partial charge in [0.05, 0.1) is 17.0 Å². The van der Waals surface area contributed by atoms with Gasteiger partial charge in [0.2, 0.25) is 5.78 Å². The van der Waals surface area contributed by atoms with Crippen LogP contribution in [0.3, 0.4) is 0 Å². The summed E-state index contributed by atoms with van der Waals surface area (Å²) < 4.78 is 6.13. The van der Waals surface area contributed by atoms with Crippen LogP contribution in [0.15, 0.2) is 67.6 Å². The highest BCUT2D eigenvalue weighted by molar-refractivity contribution is 9.10. The number of amides is 1. The Balaban J connectivity index is 1.79. The zero-order valence-electron chi connectivity index (χ0n) is 13.2. The van der Waals surface area contributed by atoms with Crippen molar-refractivity contribution in [3.8, 4) is 0 Å². The molecule has 0 radical (unpaired) electrons. The monoisotopic (exact) mass is 449 g/mol. The lowest BCUT2D eigenvalue weighted by Gasteiger charge is -2.24. The highest BCUT2D eigenvalue weighted by Gasteiger charge is 2.45. The lowest BCUT2D eigenvalue weighted by Crippen LogP contribution is -2.30. The van der Waals surface area contributed by atoms with E-state index in [2.05, 4.69) is 15.9 Å². The van der Waals surface area contributed by atoms with Crippen LogP contribution >= 0.6 is 38.6 Å². The molecule has 0 saturated carbocycles. The van der Waals surface area contributed by atoms with Crippen LogP contribution in [0.25, 0.3) is 0 Å². The average molecular weight is 450 g/mol. The molecule has 26 heavy (non-hydrogen) atoms. The molecule has 132 valence electrons. The number of rotatable bonds is 5. The predicted molar refractivity (Wildman–Crippen MR) is 102 cm³/mol. The summed E-state index contributed by atoms with van der Waals surface area (Å²) in [5, 5.41) is 14.2. The SMILES string of the molecule is O=C(C1=C(O)C(=O)N(Cc2cccs2)C1c1ccc(Br)o1)c1cccs1. The summed E-state index contributed by atoms with van der Waals surface area (Å²) in [4.78, 5) is 28.6. The number of aliphatic hydroxyl groups is 1. The van der Waals surface area contributed by atoms with E-state index in [4.69, 9.17) is 4.42 Å². The van der Waals surface area contributed by atoms with Crippen molar-refractivity contribution in [2.24, 2.45) is 0 Å². The standard InChI is InChI=1S/C18H12BrNO4S2/c19-13-6-5-11(24-13)15-14(16(21)12-4-2-8-26-12)17(22)18(23)20(15)9-10-3-1-7-25-10/h1-8,15,22H,9H2. The van der Waals surface area contributed by atoms with E-state index < -0.39 is 17.7 Å². The zero-order valence-corrected chi connectivity index (χ0v) is 16.4. The van der Waals surface area contributed by atoms with Crippen molar-refractivity contribution in [3.05, 3.63) is 78.7 Å². The molecular weight excluding hydrogens is 438 g/mol. The third-order valence-electron chi connectivity index (χ3n) is 4.06. The molecule has 1 atom stereocenters. The van der Waals surface area contributed by atoms with Gasteiger partial charge in [-0.05, 0) is 51.0 Å². The number of ketones is 1. The van der Waals surface area contributed by atoms with Crippen molar-refractivity contribution in [2.75, 3.05) is 0 Å². The summed E-state index contributed by atoms with van der Waals surface area (Å²) in [6.45, 7) is 0.283. The van der Waals surface area contributed by atoms with Crippen molar-refractivity contribution < 1.29 is 19.1 Å². The van der Waals surface area contributed by atoms with Gasteiger partial charge < -0.3 is 14.4 Å². The predicted octanol–water partition coefficient (Wildman–Crippen LogP) is 4.94. The smallest absolute Gasteiger partial charge is 0.290 e. The third kappa shape index (κ3) is 2.94. The molecule has 1 aliphatic heterocycles. The zero-order chi connectivity index (χ0) is 18.3. The lowest BCUT2D eigenvalue weighted by atomic mass is 10.0. The van der Waals surface area contributed by atoms with Crippen LogP contribution in [-0.2, 0) is 11.3 Å². The molecule has 0 spiro atoms. The summed E-state index contributed by atoms with van der Waals surface area (Å²) in [6, 6.07) is 9.86. The second-order valence-electron chi connectivity index (χ2n) is 5.63. The Kier molecular flexibility index (Phi) is 4.56. The van der Waals surface area contributed by atoms with Crippen LogP contribution in [0.4, 0.5) is 0 Å². The minimum Gasteiger partial charge on any atom is -0.503 e. The minimum absolute atomic E-state index is 0.0517. The Morgan fingerprint density at radius 2 is 1.96 bits per heavy atom. The van der Waals surface area contributed by atoms with Crippen LogP contribution in [0, 0.1) is 0 Å². The van der Waals surface area contributed by atoms with Crippen molar-refractivity contribution in [1.29, 1.82) is 0 Å². The molecule has 3 aromatic heterocycles. The van der Waals surface area contributed by atoms with Crippen LogP contribution in [0.1, 0.15) is 26.4 Å². The Hall–Kier alpha value is -2.16. The normalized spacial score (nSPS) is 17.3.